The molecule has 4 aromatic rings. The van der Waals surface area contributed by atoms with Crippen LogP contribution in [-0.2, 0) is 11.8 Å². The Morgan fingerprint density at radius 1 is 1.13 bits per heavy atom. The minimum absolute atomic E-state index is 0.233. The van der Waals surface area contributed by atoms with Crippen LogP contribution in [0, 0.1) is 35.5 Å². The Balaban J connectivity index is 1.32. The molecule has 196 valence electrons. The third-order valence-electron chi connectivity index (χ3n) is 8.50. The Labute approximate surface area is 227 Å². The van der Waals surface area contributed by atoms with E-state index in [9.17, 15) is 10.1 Å². The Kier molecular flexibility index (Phi) is 6.07. The molecule has 2 aliphatic rings. The lowest BCUT2D eigenvalue weighted by Crippen LogP contribution is -2.63. The van der Waals surface area contributed by atoms with Crippen LogP contribution < -0.4 is 10.2 Å². The van der Waals surface area contributed by atoms with Gasteiger partial charge in [0.05, 0.1) is 23.5 Å². The van der Waals surface area contributed by atoms with E-state index in [1.54, 1.807) is 15.4 Å². The van der Waals surface area contributed by atoms with Gasteiger partial charge in [-0.2, -0.15) is 15.5 Å². The van der Waals surface area contributed by atoms with Crippen LogP contribution in [0.5, 0.6) is 0 Å². The zero-order chi connectivity index (χ0) is 27.1. The van der Waals surface area contributed by atoms with Crippen molar-refractivity contribution >= 4 is 17.2 Å². The summed E-state index contributed by atoms with van der Waals surface area (Å²) >= 11 is 0. The molecule has 2 atom stereocenters. The van der Waals surface area contributed by atoms with E-state index in [0.29, 0.717) is 17.4 Å². The zero-order valence-corrected chi connectivity index (χ0v) is 22.1. The molecular formula is C30H30N8O. The summed E-state index contributed by atoms with van der Waals surface area (Å²) in [5.41, 5.74) is 4.76. The molecule has 1 saturated carbocycles. The van der Waals surface area contributed by atoms with Crippen molar-refractivity contribution in [1.82, 2.24) is 29.7 Å². The first kappa shape index (κ1) is 24.7. The normalized spacial score (nSPS) is 22.0. The van der Waals surface area contributed by atoms with Gasteiger partial charge in [-0.25, -0.2) is 9.50 Å². The molecule has 2 unspecified atom stereocenters. The summed E-state index contributed by atoms with van der Waals surface area (Å²) in [4.78, 5) is 19.4. The number of amides is 1. The van der Waals surface area contributed by atoms with Crippen LogP contribution in [0.4, 0.5) is 5.82 Å². The predicted octanol–water partition coefficient (Wildman–Crippen LogP) is 3.80. The average Bonchev–Trinajstić information content (AvgIpc) is 3.61. The minimum Gasteiger partial charge on any atom is -0.356 e. The maximum Gasteiger partial charge on any atom is 0.296 e. The lowest BCUT2D eigenvalue weighted by molar-refractivity contribution is -0.119. The van der Waals surface area contributed by atoms with Crippen LogP contribution in [0.15, 0.2) is 49.2 Å². The highest BCUT2D eigenvalue weighted by Gasteiger charge is 2.54. The number of anilines is 1. The third-order valence-corrected chi connectivity index (χ3v) is 8.50. The third kappa shape index (κ3) is 4.11. The number of carbonyl (C=O) groups excluding carboxylic acids is 1. The molecule has 0 radical (unpaired) electrons. The van der Waals surface area contributed by atoms with Crippen molar-refractivity contribution in [1.29, 1.82) is 5.26 Å². The highest BCUT2D eigenvalue weighted by atomic mass is 16.1. The summed E-state index contributed by atoms with van der Waals surface area (Å²) in [5, 5.41) is 21.7. The smallest absolute Gasteiger partial charge is 0.296 e. The number of aryl methyl sites for hydroxylation is 1. The summed E-state index contributed by atoms with van der Waals surface area (Å²) in [6.07, 6.45) is 18.7. The molecule has 1 amide bonds. The van der Waals surface area contributed by atoms with Crippen molar-refractivity contribution in [3.8, 4) is 40.7 Å². The average molecular weight is 519 g/mol. The number of rotatable bonds is 6. The number of aromatic nitrogens is 5. The Morgan fingerprint density at radius 2 is 1.92 bits per heavy atom. The van der Waals surface area contributed by atoms with Gasteiger partial charge in [0.15, 0.2) is 0 Å². The molecule has 1 aliphatic carbocycles. The van der Waals surface area contributed by atoms with Crippen LogP contribution in [-0.4, -0.2) is 48.9 Å². The maximum atomic E-state index is 12.2. The van der Waals surface area contributed by atoms with Crippen molar-refractivity contribution < 1.29 is 4.79 Å². The molecule has 2 bridgehead atoms. The number of fused-ring (bicyclic) bond motifs is 3. The van der Waals surface area contributed by atoms with Gasteiger partial charge < -0.3 is 10.2 Å². The van der Waals surface area contributed by atoms with E-state index in [4.69, 9.17) is 11.4 Å². The lowest BCUT2D eigenvalue weighted by atomic mass is 9.73. The van der Waals surface area contributed by atoms with E-state index in [0.717, 1.165) is 72.4 Å². The standard InChI is InChI=1S/C30H30N8O/c1-4-10-30(35-28(39)5-2)24-7-8-25(30)19-37(18-24)27-9-6-20(13-32-27)26-11-21(23-15-33-36(3)16-23)17-38-29(26)22(12-31)14-34-38/h2,6,9,11,13-17,24-25H,4,7-8,10,18-19H2,1,3H3,(H,35,39). The number of carbonyl (C=O) groups is 1. The van der Waals surface area contributed by atoms with E-state index in [2.05, 4.69) is 57.5 Å². The predicted molar refractivity (Wildman–Crippen MR) is 148 cm³/mol. The van der Waals surface area contributed by atoms with Crippen molar-refractivity contribution in [3.63, 3.8) is 0 Å². The summed E-state index contributed by atoms with van der Waals surface area (Å²) in [7, 11) is 1.88. The van der Waals surface area contributed by atoms with E-state index in [-0.39, 0.29) is 11.4 Å². The number of hydrogen-bond donors (Lipinski definition) is 1. The molecule has 9 heteroatoms. The first-order valence-corrected chi connectivity index (χ1v) is 13.4. The van der Waals surface area contributed by atoms with E-state index in [1.165, 1.54) is 0 Å². The number of pyridine rings is 2. The fourth-order valence-corrected chi connectivity index (χ4v) is 6.77. The number of terminal acetylenes is 1. The summed E-state index contributed by atoms with van der Waals surface area (Å²) in [5.74, 6) is 3.52. The first-order valence-electron chi connectivity index (χ1n) is 13.4. The summed E-state index contributed by atoms with van der Waals surface area (Å²) in [6, 6.07) is 8.45. The van der Waals surface area contributed by atoms with Crippen LogP contribution in [0.25, 0.3) is 27.8 Å². The monoisotopic (exact) mass is 518 g/mol. The summed E-state index contributed by atoms with van der Waals surface area (Å²) < 4.78 is 3.52. The molecule has 1 saturated heterocycles. The topological polar surface area (TPSA) is 104 Å². The van der Waals surface area contributed by atoms with Gasteiger partial charge in [-0.1, -0.05) is 13.3 Å². The maximum absolute atomic E-state index is 12.2. The largest absolute Gasteiger partial charge is 0.356 e. The van der Waals surface area contributed by atoms with Gasteiger partial charge in [0.1, 0.15) is 11.9 Å². The number of piperidine rings is 1. The fourth-order valence-electron chi connectivity index (χ4n) is 6.77. The van der Waals surface area contributed by atoms with Gasteiger partial charge in [-0.05, 0) is 55.2 Å². The molecule has 1 aliphatic heterocycles. The van der Waals surface area contributed by atoms with Crippen LogP contribution in [0.1, 0.15) is 38.2 Å². The lowest BCUT2D eigenvalue weighted by Gasteiger charge is -2.48. The second-order valence-corrected chi connectivity index (χ2v) is 10.7. The van der Waals surface area contributed by atoms with Crippen molar-refractivity contribution in [2.45, 2.75) is 38.1 Å². The van der Waals surface area contributed by atoms with Gasteiger partial charge in [0.2, 0.25) is 0 Å². The summed E-state index contributed by atoms with van der Waals surface area (Å²) in [6.45, 7) is 3.82. The first-order chi connectivity index (χ1) is 19.0. The molecule has 5 heterocycles. The second-order valence-electron chi connectivity index (χ2n) is 10.7. The van der Waals surface area contributed by atoms with Crippen LogP contribution in [0.3, 0.4) is 0 Å². The second kappa shape index (κ2) is 9.59. The molecule has 9 nitrogen and oxygen atoms in total. The molecule has 0 spiro atoms. The zero-order valence-electron chi connectivity index (χ0n) is 22.1. The van der Waals surface area contributed by atoms with Gasteiger partial charge >= 0.3 is 0 Å². The van der Waals surface area contributed by atoms with E-state index >= 15 is 0 Å². The van der Waals surface area contributed by atoms with Crippen LogP contribution in [0.2, 0.25) is 0 Å². The fraction of sp³-hybridized carbons (Fsp3) is 0.367. The minimum atomic E-state index is -0.312. The van der Waals surface area contributed by atoms with E-state index in [1.807, 2.05) is 31.8 Å². The molecule has 2 fully saturated rings. The van der Waals surface area contributed by atoms with Crippen molar-refractivity contribution in [2.75, 3.05) is 18.0 Å². The Morgan fingerprint density at radius 3 is 2.54 bits per heavy atom. The van der Waals surface area contributed by atoms with Crippen LogP contribution >= 0.6 is 0 Å². The molecule has 0 aromatic carbocycles. The molecule has 4 aromatic heterocycles. The highest BCUT2D eigenvalue weighted by molar-refractivity contribution is 5.93. The number of nitriles is 1. The van der Waals surface area contributed by atoms with Gasteiger partial charge in [-0.15, -0.1) is 6.42 Å². The number of hydrogen-bond acceptors (Lipinski definition) is 6. The highest BCUT2D eigenvalue weighted by Crippen LogP contribution is 2.48. The Hall–Kier alpha value is -4.63. The number of nitrogens with zero attached hydrogens (tertiary/aromatic N) is 7. The molecule has 1 N–H and O–H groups in total. The SMILES string of the molecule is C#CC(=O)NC1(CCC)C2CCC1CN(c1ccc(-c3cc(-c4cnn(C)c4)cn4ncc(C#N)c34)cn1)C2. The van der Waals surface area contributed by atoms with Gasteiger partial charge in [0.25, 0.3) is 5.91 Å². The van der Waals surface area contributed by atoms with Crippen molar-refractivity contribution in [2.24, 2.45) is 18.9 Å². The van der Waals surface area contributed by atoms with Gasteiger partial charge in [-0.3, -0.25) is 9.48 Å². The molecule has 39 heavy (non-hydrogen) atoms. The van der Waals surface area contributed by atoms with Crippen molar-refractivity contribution in [3.05, 3.63) is 54.7 Å². The molecule has 6 rings (SSSR count). The van der Waals surface area contributed by atoms with E-state index < -0.39 is 0 Å². The number of nitrogens with one attached hydrogen (secondary N) is 1. The quantitative estimate of drug-likeness (QED) is 0.390. The van der Waals surface area contributed by atoms with Gasteiger partial charge in [0, 0.05) is 66.5 Å². The Bertz CT molecular complexity index is 1620. The molecular weight excluding hydrogens is 488 g/mol.